The summed E-state index contributed by atoms with van der Waals surface area (Å²) >= 11 is 0. The Morgan fingerprint density at radius 2 is 2.09 bits per heavy atom. The SMILES string of the molecule is O=C(NCC1CCCC(O)C1)c1ccn(-c2ccccc2)n1. The molecule has 5 nitrogen and oxygen atoms in total. The minimum Gasteiger partial charge on any atom is -0.393 e. The van der Waals surface area contributed by atoms with Crippen molar-refractivity contribution >= 4 is 5.91 Å². The molecule has 0 radical (unpaired) electrons. The summed E-state index contributed by atoms with van der Waals surface area (Å²) in [4.78, 5) is 12.2. The lowest BCUT2D eigenvalue weighted by Gasteiger charge is -2.25. The molecular formula is C17H21N3O2. The molecule has 2 unspecified atom stereocenters. The predicted octanol–water partition coefficient (Wildman–Crippen LogP) is 2.15. The number of nitrogens with zero attached hydrogens (tertiary/aromatic N) is 2. The second kappa shape index (κ2) is 6.75. The van der Waals surface area contributed by atoms with Crippen LogP contribution in [0.1, 0.15) is 36.2 Å². The van der Waals surface area contributed by atoms with Gasteiger partial charge in [-0.25, -0.2) is 4.68 Å². The molecule has 1 aromatic heterocycles. The van der Waals surface area contributed by atoms with E-state index in [9.17, 15) is 9.90 Å². The molecule has 0 saturated heterocycles. The van der Waals surface area contributed by atoms with Crippen molar-refractivity contribution in [2.45, 2.75) is 31.8 Å². The lowest BCUT2D eigenvalue weighted by Crippen LogP contribution is -2.33. The zero-order valence-electron chi connectivity index (χ0n) is 12.5. The van der Waals surface area contributed by atoms with Crippen LogP contribution in [0.5, 0.6) is 0 Å². The number of amides is 1. The van der Waals surface area contributed by atoms with E-state index < -0.39 is 0 Å². The zero-order valence-corrected chi connectivity index (χ0v) is 12.5. The molecule has 1 aromatic carbocycles. The number of para-hydroxylation sites is 1. The van der Waals surface area contributed by atoms with Crippen LogP contribution in [0.4, 0.5) is 0 Å². The summed E-state index contributed by atoms with van der Waals surface area (Å²) in [6, 6.07) is 11.4. The molecule has 1 heterocycles. The van der Waals surface area contributed by atoms with E-state index in [0.29, 0.717) is 18.2 Å². The highest BCUT2D eigenvalue weighted by molar-refractivity contribution is 5.92. The summed E-state index contributed by atoms with van der Waals surface area (Å²) in [5, 5.41) is 16.9. The average Bonchev–Trinajstić information content (AvgIpc) is 3.04. The summed E-state index contributed by atoms with van der Waals surface area (Å²) in [5.74, 6) is 0.207. The van der Waals surface area contributed by atoms with Gasteiger partial charge in [0.25, 0.3) is 5.91 Å². The summed E-state index contributed by atoms with van der Waals surface area (Å²) in [7, 11) is 0. The van der Waals surface area contributed by atoms with Gasteiger partial charge in [0.05, 0.1) is 11.8 Å². The van der Waals surface area contributed by atoms with Gasteiger partial charge in [0.15, 0.2) is 5.69 Å². The number of aliphatic hydroxyl groups is 1. The van der Waals surface area contributed by atoms with Gasteiger partial charge in [0.2, 0.25) is 0 Å². The first kappa shape index (κ1) is 14.8. The van der Waals surface area contributed by atoms with Crippen LogP contribution in [0.25, 0.3) is 5.69 Å². The number of aliphatic hydroxyl groups excluding tert-OH is 1. The third kappa shape index (κ3) is 3.54. The van der Waals surface area contributed by atoms with Crippen LogP contribution in [0.15, 0.2) is 42.6 Å². The van der Waals surface area contributed by atoms with Crippen molar-refractivity contribution in [3.05, 3.63) is 48.3 Å². The highest BCUT2D eigenvalue weighted by Gasteiger charge is 2.21. The van der Waals surface area contributed by atoms with Gasteiger partial charge in [-0.3, -0.25) is 4.79 Å². The largest absolute Gasteiger partial charge is 0.393 e. The standard InChI is InChI=1S/C17H21N3O2/c21-15-8-4-5-13(11-15)12-18-17(22)16-9-10-20(19-16)14-6-2-1-3-7-14/h1-3,6-7,9-10,13,15,21H,4-5,8,11-12H2,(H,18,22). The minimum atomic E-state index is -0.215. The number of carbonyl (C=O) groups excluding carboxylic acids is 1. The van der Waals surface area contributed by atoms with Gasteiger partial charge in [-0.2, -0.15) is 5.10 Å². The number of hydrogen-bond acceptors (Lipinski definition) is 3. The minimum absolute atomic E-state index is 0.158. The third-order valence-electron chi connectivity index (χ3n) is 4.15. The van der Waals surface area contributed by atoms with Crippen LogP contribution in [-0.2, 0) is 0 Å². The summed E-state index contributed by atoms with van der Waals surface area (Å²) < 4.78 is 1.69. The number of aromatic nitrogens is 2. The molecule has 3 rings (SSSR count). The highest BCUT2D eigenvalue weighted by atomic mass is 16.3. The van der Waals surface area contributed by atoms with Gasteiger partial charge >= 0.3 is 0 Å². The van der Waals surface area contributed by atoms with E-state index in [4.69, 9.17) is 0 Å². The normalized spacial score (nSPS) is 21.5. The molecule has 1 fully saturated rings. The number of benzene rings is 1. The molecule has 1 amide bonds. The average molecular weight is 299 g/mol. The van der Waals surface area contributed by atoms with Crippen LogP contribution >= 0.6 is 0 Å². The van der Waals surface area contributed by atoms with E-state index in [1.165, 1.54) is 0 Å². The fourth-order valence-electron chi connectivity index (χ4n) is 2.95. The van der Waals surface area contributed by atoms with Gasteiger partial charge in [-0.05, 0) is 43.4 Å². The van der Waals surface area contributed by atoms with E-state index in [0.717, 1.165) is 31.4 Å². The first-order chi connectivity index (χ1) is 10.7. The Balaban J connectivity index is 1.58. The van der Waals surface area contributed by atoms with Gasteiger partial charge in [0.1, 0.15) is 0 Å². The summed E-state index contributed by atoms with van der Waals surface area (Å²) in [6.45, 7) is 0.605. The molecule has 22 heavy (non-hydrogen) atoms. The van der Waals surface area contributed by atoms with Crippen molar-refractivity contribution in [3.63, 3.8) is 0 Å². The summed E-state index contributed by atoms with van der Waals surface area (Å²) in [6.07, 6.45) is 5.33. The second-order valence-electron chi connectivity index (χ2n) is 5.88. The number of nitrogens with one attached hydrogen (secondary N) is 1. The van der Waals surface area contributed by atoms with Crippen molar-refractivity contribution in [1.29, 1.82) is 0 Å². The van der Waals surface area contributed by atoms with Gasteiger partial charge in [0, 0.05) is 12.7 Å². The molecule has 1 aliphatic carbocycles. The van der Waals surface area contributed by atoms with E-state index in [1.54, 1.807) is 16.9 Å². The van der Waals surface area contributed by atoms with Gasteiger partial charge in [-0.1, -0.05) is 24.6 Å². The molecule has 0 aliphatic heterocycles. The van der Waals surface area contributed by atoms with E-state index in [2.05, 4.69) is 10.4 Å². The van der Waals surface area contributed by atoms with Crippen molar-refractivity contribution in [2.75, 3.05) is 6.54 Å². The first-order valence-corrected chi connectivity index (χ1v) is 7.80. The smallest absolute Gasteiger partial charge is 0.271 e. The molecule has 1 aliphatic rings. The van der Waals surface area contributed by atoms with Crippen LogP contribution < -0.4 is 5.32 Å². The molecule has 2 atom stereocenters. The fourth-order valence-corrected chi connectivity index (χ4v) is 2.95. The monoisotopic (exact) mass is 299 g/mol. The molecule has 5 heteroatoms. The Labute approximate surface area is 130 Å². The third-order valence-corrected chi connectivity index (χ3v) is 4.15. The van der Waals surface area contributed by atoms with Crippen LogP contribution in [0.2, 0.25) is 0 Å². The maximum atomic E-state index is 12.2. The van der Waals surface area contributed by atoms with Crippen LogP contribution in [0, 0.1) is 5.92 Å². The Kier molecular flexibility index (Phi) is 4.53. The maximum absolute atomic E-state index is 12.2. The van der Waals surface area contributed by atoms with E-state index >= 15 is 0 Å². The highest BCUT2D eigenvalue weighted by Crippen LogP contribution is 2.23. The maximum Gasteiger partial charge on any atom is 0.271 e. The zero-order chi connectivity index (χ0) is 15.4. The summed E-state index contributed by atoms with van der Waals surface area (Å²) in [5.41, 5.74) is 1.34. The first-order valence-electron chi connectivity index (χ1n) is 7.80. The lowest BCUT2D eigenvalue weighted by molar-refractivity contribution is 0.0870. The number of rotatable bonds is 4. The molecule has 0 spiro atoms. The Hall–Kier alpha value is -2.14. The molecule has 2 N–H and O–H groups in total. The second-order valence-corrected chi connectivity index (χ2v) is 5.88. The molecule has 0 bridgehead atoms. The Morgan fingerprint density at radius 3 is 2.86 bits per heavy atom. The molecule has 1 saturated carbocycles. The van der Waals surface area contributed by atoms with Crippen molar-refractivity contribution in [3.8, 4) is 5.69 Å². The van der Waals surface area contributed by atoms with Gasteiger partial charge < -0.3 is 10.4 Å². The van der Waals surface area contributed by atoms with E-state index in [1.807, 2.05) is 30.3 Å². The quantitative estimate of drug-likeness (QED) is 0.909. The van der Waals surface area contributed by atoms with Gasteiger partial charge in [-0.15, -0.1) is 0 Å². The Bertz CT molecular complexity index is 624. The molecule has 116 valence electrons. The lowest BCUT2D eigenvalue weighted by atomic mass is 9.87. The molecule has 2 aromatic rings. The fraction of sp³-hybridized carbons (Fsp3) is 0.412. The van der Waals surface area contributed by atoms with Crippen LogP contribution in [0.3, 0.4) is 0 Å². The molecular weight excluding hydrogens is 278 g/mol. The number of hydrogen-bond donors (Lipinski definition) is 2. The van der Waals surface area contributed by atoms with Crippen molar-refractivity contribution in [2.24, 2.45) is 5.92 Å². The van der Waals surface area contributed by atoms with E-state index in [-0.39, 0.29) is 12.0 Å². The predicted molar refractivity (Wildman–Crippen MR) is 83.9 cm³/mol. The van der Waals surface area contributed by atoms with Crippen molar-refractivity contribution < 1.29 is 9.90 Å². The number of carbonyl (C=O) groups is 1. The Morgan fingerprint density at radius 1 is 1.27 bits per heavy atom. The topological polar surface area (TPSA) is 67.2 Å². The van der Waals surface area contributed by atoms with Crippen molar-refractivity contribution in [1.82, 2.24) is 15.1 Å². The van der Waals surface area contributed by atoms with Crippen LogP contribution in [-0.4, -0.2) is 33.4 Å².